The number of nitrogens with one attached hydrogen (secondary N) is 3. The number of halogens is 3. The standard InChI is InChI=1S/C17H14Cl3N3O3/c18-8-1-3-10(4-2-8)21-17(26)23-13-7-14(16(24)25)22-12-6-9(19)5-11(20)15(12)13/h1-6,13-14,22H,7H2,(H,24,25)(H2,21,23,26)/t13-,14+/m1/s1. The third-order valence-corrected chi connectivity index (χ3v) is 4.73. The zero-order valence-corrected chi connectivity index (χ0v) is 15.5. The monoisotopic (exact) mass is 413 g/mol. The molecule has 0 fully saturated rings. The summed E-state index contributed by atoms with van der Waals surface area (Å²) in [5, 5.41) is 18.9. The lowest BCUT2D eigenvalue weighted by Crippen LogP contribution is -2.42. The number of amides is 2. The van der Waals surface area contributed by atoms with E-state index in [4.69, 9.17) is 34.8 Å². The molecule has 9 heteroatoms. The molecule has 2 aromatic rings. The van der Waals surface area contributed by atoms with Crippen LogP contribution >= 0.6 is 34.8 Å². The SMILES string of the molecule is O=C(Nc1ccc(Cl)cc1)N[C@@H]1C[C@@H](C(=O)O)Nc2cc(Cl)cc(Cl)c21. The average Bonchev–Trinajstić information content (AvgIpc) is 2.55. The topological polar surface area (TPSA) is 90.5 Å². The van der Waals surface area contributed by atoms with Crippen molar-refractivity contribution in [1.29, 1.82) is 0 Å². The van der Waals surface area contributed by atoms with Gasteiger partial charge in [-0.1, -0.05) is 34.8 Å². The molecule has 1 aliphatic rings. The molecule has 2 amide bonds. The fraction of sp³-hybridized carbons (Fsp3) is 0.176. The van der Waals surface area contributed by atoms with Crippen LogP contribution < -0.4 is 16.0 Å². The molecule has 1 aliphatic heterocycles. The van der Waals surface area contributed by atoms with Gasteiger partial charge in [0.1, 0.15) is 6.04 Å². The van der Waals surface area contributed by atoms with Crippen molar-refractivity contribution in [2.24, 2.45) is 0 Å². The Labute approximate surface area is 164 Å². The molecule has 0 saturated heterocycles. The number of urea groups is 1. The van der Waals surface area contributed by atoms with Gasteiger partial charge in [0.25, 0.3) is 0 Å². The van der Waals surface area contributed by atoms with Crippen molar-refractivity contribution in [3.8, 4) is 0 Å². The quantitative estimate of drug-likeness (QED) is 0.582. The van der Waals surface area contributed by atoms with E-state index in [2.05, 4.69) is 16.0 Å². The van der Waals surface area contributed by atoms with Crippen LogP contribution in [-0.2, 0) is 4.79 Å². The van der Waals surface area contributed by atoms with Crippen LogP contribution in [0.15, 0.2) is 36.4 Å². The number of fused-ring (bicyclic) bond motifs is 1. The Kier molecular flexibility index (Phi) is 5.46. The molecule has 2 atom stereocenters. The van der Waals surface area contributed by atoms with E-state index in [1.165, 1.54) is 0 Å². The Balaban J connectivity index is 1.83. The number of carbonyl (C=O) groups is 2. The summed E-state index contributed by atoms with van der Waals surface area (Å²) in [6, 6.07) is 7.80. The highest BCUT2D eigenvalue weighted by Gasteiger charge is 2.33. The molecule has 0 bridgehead atoms. The zero-order chi connectivity index (χ0) is 18.8. The lowest BCUT2D eigenvalue weighted by Gasteiger charge is -2.32. The van der Waals surface area contributed by atoms with Crippen molar-refractivity contribution in [3.05, 3.63) is 57.0 Å². The maximum absolute atomic E-state index is 12.3. The normalized spacial score (nSPS) is 18.4. The zero-order valence-electron chi connectivity index (χ0n) is 13.2. The van der Waals surface area contributed by atoms with Gasteiger partial charge in [0.05, 0.1) is 6.04 Å². The second kappa shape index (κ2) is 7.61. The molecule has 6 nitrogen and oxygen atoms in total. The number of carboxylic acid groups (broad SMARTS) is 1. The van der Waals surface area contributed by atoms with Gasteiger partial charge in [0.15, 0.2) is 0 Å². The highest BCUT2D eigenvalue weighted by molar-refractivity contribution is 6.35. The first-order valence-electron chi connectivity index (χ1n) is 7.65. The summed E-state index contributed by atoms with van der Waals surface area (Å²) in [6.45, 7) is 0. The number of rotatable bonds is 3. The summed E-state index contributed by atoms with van der Waals surface area (Å²) in [7, 11) is 0. The number of hydrogen-bond donors (Lipinski definition) is 4. The molecule has 1 heterocycles. The molecule has 0 aliphatic carbocycles. The summed E-state index contributed by atoms with van der Waals surface area (Å²) in [5.74, 6) is -1.03. The summed E-state index contributed by atoms with van der Waals surface area (Å²) in [4.78, 5) is 23.8. The molecule has 136 valence electrons. The van der Waals surface area contributed by atoms with E-state index in [-0.39, 0.29) is 6.42 Å². The van der Waals surface area contributed by atoms with Crippen LogP contribution in [0, 0.1) is 0 Å². The minimum absolute atomic E-state index is 0.137. The van der Waals surface area contributed by atoms with Crippen LogP contribution in [0.5, 0.6) is 0 Å². The minimum Gasteiger partial charge on any atom is -0.480 e. The molecule has 26 heavy (non-hydrogen) atoms. The van der Waals surface area contributed by atoms with Crippen molar-refractivity contribution < 1.29 is 14.7 Å². The van der Waals surface area contributed by atoms with E-state index in [1.54, 1.807) is 36.4 Å². The maximum atomic E-state index is 12.3. The Morgan fingerprint density at radius 1 is 1.08 bits per heavy atom. The van der Waals surface area contributed by atoms with Gasteiger partial charge in [-0.15, -0.1) is 0 Å². The summed E-state index contributed by atoms with van der Waals surface area (Å²) >= 11 is 18.1. The van der Waals surface area contributed by atoms with E-state index >= 15 is 0 Å². The molecule has 0 saturated carbocycles. The predicted octanol–water partition coefficient (Wildman–Crippen LogP) is 4.78. The van der Waals surface area contributed by atoms with Crippen molar-refractivity contribution in [2.75, 3.05) is 10.6 Å². The van der Waals surface area contributed by atoms with Crippen LogP contribution in [0.3, 0.4) is 0 Å². The van der Waals surface area contributed by atoms with Crippen LogP contribution in [0.4, 0.5) is 16.2 Å². The van der Waals surface area contributed by atoms with Crippen LogP contribution in [0.25, 0.3) is 0 Å². The number of hydrogen-bond acceptors (Lipinski definition) is 3. The Morgan fingerprint density at radius 2 is 1.77 bits per heavy atom. The number of carboxylic acids is 1. The van der Waals surface area contributed by atoms with E-state index in [0.29, 0.717) is 32.0 Å². The van der Waals surface area contributed by atoms with Crippen LogP contribution in [0.1, 0.15) is 18.0 Å². The fourth-order valence-corrected chi connectivity index (χ4v) is 3.56. The molecule has 4 N–H and O–H groups in total. The van der Waals surface area contributed by atoms with Gasteiger partial charge < -0.3 is 21.1 Å². The highest BCUT2D eigenvalue weighted by Crippen LogP contribution is 2.39. The Hall–Kier alpha value is -2.15. The molecule has 0 radical (unpaired) electrons. The maximum Gasteiger partial charge on any atom is 0.326 e. The molecule has 0 spiro atoms. The third-order valence-electron chi connectivity index (χ3n) is 3.95. The summed E-state index contributed by atoms with van der Waals surface area (Å²) < 4.78 is 0. The molecular formula is C17H14Cl3N3O3. The van der Waals surface area contributed by atoms with Crippen molar-refractivity contribution >= 4 is 58.2 Å². The largest absolute Gasteiger partial charge is 0.480 e. The predicted molar refractivity (Wildman–Crippen MR) is 102 cm³/mol. The van der Waals surface area contributed by atoms with Crippen LogP contribution in [-0.4, -0.2) is 23.1 Å². The second-order valence-corrected chi connectivity index (χ2v) is 7.06. The van der Waals surface area contributed by atoms with Gasteiger partial charge in [-0.3, -0.25) is 0 Å². The Morgan fingerprint density at radius 3 is 2.42 bits per heavy atom. The highest BCUT2D eigenvalue weighted by atomic mass is 35.5. The average molecular weight is 415 g/mol. The first-order valence-corrected chi connectivity index (χ1v) is 8.78. The lowest BCUT2D eigenvalue weighted by molar-refractivity contribution is -0.138. The number of carbonyl (C=O) groups excluding carboxylic acids is 1. The van der Waals surface area contributed by atoms with E-state index in [0.717, 1.165) is 0 Å². The van der Waals surface area contributed by atoms with Gasteiger partial charge in [0, 0.05) is 38.4 Å². The van der Waals surface area contributed by atoms with Gasteiger partial charge in [-0.2, -0.15) is 0 Å². The molecule has 0 aromatic heterocycles. The first kappa shape index (κ1) is 18.6. The van der Waals surface area contributed by atoms with E-state index < -0.39 is 24.1 Å². The van der Waals surface area contributed by atoms with Crippen molar-refractivity contribution in [3.63, 3.8) is 0 Å². The van der Waals surface area contributed by atoms with Gasteiger partial charge in [-0.25, -0.2) is 9.59 Å². The van der Waals surface area contributed by atoms with E-state index in [1.807, 2.05) is 0 Å². The Bertz CT molecular complexity index is 858. The van der Waals surface area contributed by atoms with Gasteiger partial charge in [0.2, 0.25) is 0 Å². The summed E-state index contributed by atoms with van der Waals surface area (Å²) in [6.07, 6.45) is 0.137. The molecule has 0 unspecified atom stereocenters. The van der Waals surface area contributed by atoms with E-state index in [9.17, 15) is 14.7 Å². The molecule has 3 rings (SSSR count). The number of benzene rings is 2. The van der Waals surface area contributed by atoms with Crippen molar-refractivity contribution in [2.45, 2.75) is 18.5 Å². The van der Waals surface area contributed by atoms with Gasteiger partial charge in [-0.05, 0) is 36.4 Å². The fourth-order valence-electron chi connectivity index (χ4n) is 2.81. The van der Waals surface area contributed by atoms with Gasteiger partial charge >= 0.3 is 12.0 Å². The second-order valence-electron chi connectivity index (χ2n) is 5.78. The lowest BCUT2D eigenvalue weighted by atomic mass is 9.93. The molecular weight excluding hydrogens is 401 g/mol. The first-order chi connectivity index (χ1) is 12.3. The smallest absolute Gasteiger partial charge is 0.326 e. The number of aliphatic carboxylic acids is 1. The third kappa shape index (κ3) is 4.15. The molecule has 2 aromatic carbocycles. The minimum atomic E-state index is -1.03. The summed E-state index contributed by atoms with van der Waals surface area (Å²) in [5.41, 5.74) is 1.64. The van der Waals surface area contributed by atoms with Crippen molar-refractivity contribution in [1.82, 2.24) is 5.32 Å². The van der Waals surface area contributed by atoms with Crippen LogP contribution in [0.2, 0.25) is 15.1 Å². The number of anilines is 2.